The van der Waals surface area contributed by atoms with Crippen LogP contribution < -0.4 is 5.32 Å². The number of carbonyl (C=O) groups is 3. The quantitative estimate of drug-likeness (QED) is 0.766. The fraction of sp³-hybridized carbons (Fsp3) is 0.526. The van der Waals surface area contributed by atoms with E-state index in [9.17, 15) is 14.4 Å². The number of likely N-dealkylation sites (N-methyl/N-ethyl adjacent to an activating group) is 1. The second-order valence-corrected chi connectivity index (χ2v) is 8.10. The maximum atomic E-state index is 12.9. The maximum absolute atomic E-state index is 12.9. The summed E-state index contributed by atoms with van der Waals surface area (Å²) in [5, 5.41) is 3.65. The lowest BCUT2D eigenvalue weighted by Gasteiger charge is -2.35. The van der Waals surface area contributed by atoms with Crippen LogP contribution in [0.25, 0.3) is 0 Å². The molecule has 1 aromatic rings. The number of imide groups is 1. The van der Waals surface area contributed by atoms with E-state index < -0.39 is 17.5 Å². The van der Waals surface area contributed by atoms with Crippen molar-refractivity contribution in [2.75, 3.05) is 13.6 Å². The summed E-state index contributed by atoms with van der Waals surface area (Å²) < 4.78 is 0. The Kier molecular flexibility index (Phi) is 5.68. The largest absolute Gasteiger partial charge is 0.348 e. The Balaban J connectivity index is 1.67. The highest BCUT2D eigenvalue weighted by Crippen LogP contribution is 2.39. The predicted molar refractivity (Wildman–Crippen MR) is 104 cm³/mol. The standard InChI is InChI=1S/C19H23Cl2N3O3/c1-12(13-6-7-14(20)15(21)10-13)22-16(25)11-24-17(26)19(23(2)18(24)27)8-4-3-5-9-19/h6-7,10,12H,3-5,8-9,11H2,1-2H3,(H,22,25). The number of nitrogens with one attached hydrogen (secondary N) is 1. The van der Waals surface area contributed by atoms with Crippen molar-refractivity contribution in [3.05, 3.63) is 33.8 Å². The zero-order chi connectivity index (χ0) is 19.8. The average molecular weight is 412 g/mol. The molecule has 0 aromatic heterocycles. The Morgan fingerprint density at radius 1 is 1.19 bits per heavy atom. The molecular weight excluding hydrogens is 389 g/mol. The van der Waals surface area contributed by atoms with Crippen LogP contribution in [-0.2, 0) is 9.59 Å². The summed E-state index contributed by atoms with van der Waals surface area (Å²) in [4.78, 5) is 40.6. The normalized spacial score (nSPS) is 20.3. The number of amides is 4. The first kappa shape index (κ1) is 20.0. The van der Waals surface area contributed by atoms with Gasteiger partial charge in [0.05, 0.1) is 16.1 Å². The van der Waals surface area contributed by atoms with Crippen LogP contribution in [0.3, 0.4) is 0 Å². The van der Waals surface area contributed by atoms with Gasteiger partial charge in [-0.25, -0.2) is 4.79 Å². The molecule has 1 atom stereocenters. The van der Waals surface area contributed by atoms with Crippen molar-refractivity contribution in [3.8, 4) is 0 Å². The first-order valence-electron chi connectivity index (χ1n) is 9.10. The molecule has 8 heteroatoms. The molecule has 1 heterocycles. The van der Waals surface area contributed by atoms with Crippen LogP contribution in [-0.4, -0.2) is 46.8 Å². The summed E-state index contributed by atoms with van der Waals surface area (Å²) in [6.45, 7) is 1.52. The van der Waals surface area contributed by atoms with Crippen molar-refractivity contribution in [1.82, 2.24) is 15.1 Å². The lowest BCUT2D eigenvalue weighted by molar-refractivity contribution is -0.137. The van der Waals surface area contributed by atoms with Crippen molar-refractivity contribution in [3.63, 3.8) is 0 Å². The molecule has 27 heavy (non-hydrogen) atoms. The van der Waals surface area contributed by atoms with Gasteiger partial charge in [0, 0.05) is 7.05 Å². The summed E-state index contributed by atoms with van der Waals surface area (Å²) in [6.07, 6.45) is 4.21. The highest BCUT2D eigenvalue weighted by molar-refractivity contribution is 6.42. The molecule has 1 aliphatic carbocycles. The highest BCUT2D eigenvalue weighted by atomic mass is 35.5. The van der Waals surface area contributed by atoms with Gasteiger partial charge in [0.1, 0.15) is 12.1 Å². The van der Waals surface area contributed by atoms with Crippen LogP contribution >= 0.6 is 23.2 Å². The van der Waals surface area contributed by atoms with Crippen LogP contribution in [0.1, 0.15) is 50.6 Å². The fourth-order valence-corrected chi connectivity index (χ4v) is 4.27. The highest BCUT2D eigenvalue weighted by Gasteiger charge is 2.55. The molecule has 0 bridgehead atoms. The number of hydrogen-bond donors (Lipinski definition) is 1. The van der Waals surface area contributed by atoms with Crippen LogP contribution in [0, 0.1) is 0 Å². The van der Waals surface area contributed by atoms with Crippen molar-refractivity contribution in [2.45, 2.75) is 50.6 Å². The third kappa shape index (κ3) is 3.65. The summed E-state index contributed by atoms with van der Waals surface area (Å²) >= 11 is 11.9. The van der Waals surface area contributed by atoms with Crippen LogP contribution in [0.2, 0.25) is 10.0 Å². The second kappa shape index (κ2) is 7.68. The fourth-order valence-electron chi connectivity index (χ4n) is 3.97. The van der Waals surface area contributed by atoms with E-state index in [4.69, 9.17) is 23.2 Å². The molecule has 2 aliphatic rings. The molecule has 1 spiro atoms. The monoisotopic (exact) mass is 411 g/mol. The summed E-state index contributed by atoms with van der Waals surface area (Å²) in [6, 6.07) is 4.39. The number of hydrogen-bond acceptors (Lipinski definition) is 3. The molecule has 1 aliphatic heterocycles. The van der Waals surface area contributed by atoms with E-state index in [1.165, 1.54) is 4.90 Å². The Morgan fingerprint density at radius 3 is 2.48 bits per heavy atom. The second-order valence-electron chi connectivity index (χ2n) is 7.29. The minimum Gasteiger partial charge on any atom is -0.348 e. The SMILES string of the molecule is CC(NC(=O)CN1C(=O)N(C)C2(CCCCC2)C1=O)c1ccc(Cl)c(Cl)c1. The summed E-state index contributed by atoms with van der Waals surface area (Å²) in [5.74, 6) is -0.649. The molecule has 2 fully saturated rings. The lowest BCUT2D eigenvalue weighted by atomic mass is 9.81. The van der Waals surface area contributed by atoms with Crippen molar-refractivity contribution >= 4 is 41.0 Å². The van der Waals surface area contributed by atoms with Crippen LogP contribution in [0.15, 0.2) is 18.2 Å². The molecule has 1 N–H and O–H groups in total. The van der Waals surface area contributed by atoms with Gasteiger partial charge in [0.25, 0.3) is 5.91 Å². The molecule has 1 saturated carbocycles. The molecule has 4 amide bonds. The number of rotatable bonds is 4. The van der Waals surface area contributed by atoms with E-state index >= 15 is 0 Å². The topological polar surface area (TPSA) is 69.7 Å². The van der Waals surface area contributed by atoms with Crippen molar-refractivity contribution < 1.29 is 14.4 Å². The van der Waals surface area contributed by atoms with Crippen LogP contribution in [0.5, 0.6) is 0 Å². The Bertz CT molecular complexity index is 777. The molecule has 3 rings (SSSR count). The van der Waals surface area contributed by atoms with Gasteiger partial charge < -0.3 is 10.2 Å². The molecule has 1 aromatic carbocycles. The van der Waals surface area contributed by atoms with Gasteiger partial charge in [-0.3, -0.25) is 14.5 Å². The zero-order valence-corrected chi connectivity index (χ0v) is 16.9. The van der Waals surface area contributed by atoms with Crippen LogP contribution in [0.4, 0.5) is 4.79 Å². The number of benzene rings is 1. The maximum Gasteiger partial charge on any atom is 0.327 e. The van der Waals surface area contributed by atoms with E-state index in [2.05, 4.69) is 5.32 Å². The van der Waals surface area contributed by atoms with Gasteiger partial charge >= 0.3 is 6.03 Å². The first-order chi connectivity index (χ1) is 12.8. The van der Waals surface area contributed by atoms with Gasteiger partial charge in [-0.2, -0.15) is 0 Å². The Hall–Kier alpha value is -1.79. The molecule has 1 saturated heterocycles. The van der Waals surface area contributed by atoms with Gasteiger partial charge in [-0.15, -0.1) is 0 Å². The van der Waals surface area contributed by atoms with E-state index in [1.807, 2.05) is 0 Å². The number of urea groups is 1. The Morgan fingerprint density at radius 2 is 1.85 bits per heavy atom. The van der Waals surface area contributed by atoms with Crippen molar-refractivity contribution in [2.24, 2.45) is 0 Å². The van der Waals surface area contributed by atoms with Gasteiger partial charge in [0.15, 0.2) is 0 Å². The molecule has 146 valence electrons. The van der Waals surface area contributed by atoms with E-state index in [-0.39, 0.29) is 18.5 Å². The first-order valence-corrected chi connectivity index (χ1v) is 9.86. The number of carbonyl (C=O) groups excluding carboxylic acids is 3. The van der Waals surface area contributed by atoms with Crippen molar-refractivity contribution in [1.29, 1.82) is 0 Å². The predicted octanol–water partition coefficient (Wildman–Crippen LogP) is 3.77. The minimum absolute atomic E-state index is 0.257. The average Bonchev–Trinajstić information content (AvgIpc) is 2.81. The number of nitrogens with zero attached hydrogens (tertiary/aromatic N) is 2. The van der Waals surface area contributed by atoms with Gasteiger partial charge in [0.2, 0.25) is 5.91 Å². The smallest absolute Gasteiger partial charge is 0.327 e. The Labute approximate surface area is 168 Å². The molecule has 1 unspecified atom stereocenters. The van der Waals surface area contributed by atoms with Gasteiger partial charge in [-0.05, 0) is 37.5 Å². The lowest BCUT2D eigenvalue weighted by Crippen LogP contribution is -2.49. The summed E-state index contributed by atoms with van der Waals surface area (Å²) in [7, 11) is 1.65. The van der Waals surface area contributed by atoms with E-state index in [0.29, 0.717) is 22.9 Å². The third-order valence-electron chi connectivity index (χ3n) is 5.61. The van der Waals surface area contributed by atoms with Gasteiger partial charge in [-0.1, -0.05) is 48.5 Å². The zero-order valence-electron chi connectivity index (χ0n) is 15.4. The minimum atomic E-state index is -0.773. The third-order valence-corrected chi connectivity index (χ3v) is 6.35. The summed E-state index contributed by atoms with van der Waals surface area (Å²) in [5.41, 5.74) is 0.0166. The molecular formula is C19H23Cl2N3O3. The molecule has 0 radical (unpaired) electrons. The number of halogens is 2. The molecule has 6 nitrogen and oxygen atoms in total. The van der Waals surface area contributed by atoms with E-state index in [1.54, 1.807) is 32.2 Å². The van der Waals surface area contributed by atoms with E-state index in [0.717, 1.165) is 29.7 Å².